The predicted molar refractivity (Wildman–Crippen MR) is 97.0 cm³/mol. The van der Waals surface area contributed by atoms with Crippen LogP contribution >= 0.6 is 11.6 Å². The molecule has 2 aromatic heterocycles. The summed E-state index contributed by atoms with van der Waals surface area (Å²) in [6.45, 7) is 3.39. The molecule has 1 fully saturated rings. The summed E-state index contributed by atoms with van der Waals surface area (Å²) in [4.78, 5) is 20.4. The average Bonchev–Trinajstić information content (AvgIpc) is 2.96. The average molecular weight is 392 g/mol. The van der Waals surface area contributed by atoms with E-state index in [4.69, 9.17) is 21.3 Å². The lowest BCUT2D eigenvalue weighted by Gasteiger charge is -2.30. The standard InChI is InChI=1S/C18H19ClFN5O2/c1-9-15(22-10(2)27-9)18(26)24-13-5-3-4-12(7-13)23-17-14(20)6-11(8-21)16(19)25-17/h6,12-13H,3-5,7H2,1-2H3,(H,23,25)(H,24,26). The molecule has 1 saturated carbocycles. The van der Waals surface area contributed by atoms with E-state index in [0.717, 1.165) is 25.3 Å². The highest BCUT2D eigenvalue weighted by atomic mass is 35.5. The summed E-state index contributed by atoms with van der Waals surface area (Å²) >= 11 is 5.89. The van der Waals surface area contributed by atoms with Crippen LogP contribution in [0.5, 0.6) is 0 Å². The van der Waals surface area contributed by atoms with Crippen molar-refractivity contribution in [3.05, 3.63) is 39.9 Å². The van der Waals surface area contributed by atoms with Crippen LogP contribution in [0.15, 0.2) is 10.5 Å². The molecule has 1 aliphatic carbocycles. The summed E-state index contributed by atoms with van der Waals surface area (Å²) in [5.74, 6) is 0.0320. The van der Waals surface area contributed by atoms with Gasteiger partial charge in [0.15, 0.2) is 23.2 Å². The molecular weight excluding hydrogens is 373 g/mol. The largest absolute Gasteiger partial charge is 0.445 e. The van der Waals surface area contributed by atoms with Gasteiger partial charge in [-0.15, -0.1) is 0 Å². The van der Waals surface area contributed by atoms with Crippen LogP contribution in [0.1, 0.15) is 53.4 Å². The lowest BCUT2D eigenvalue weighted by Crippen LogP contribution is -2.42. The first-order chi connectivity index (χ1) is 12.9. The van der Waals surface area contributed by atoms with Crippen LogP contribution in [-0.2, 0) is 0 Å². The van der Waals surface area contributed by atoms with E-state index < -0.39 is 5.82 Å². The minimum atomic E-state index is -0.629. The fraction of sp³-hybridized carbons (Fsp3) is 0.444. The second-order valence-electron chi connectivity index (χ2n) is 6.58. The van der Waals surface area contributed by atoms with Crippen LogP contribution in [0.25, 0.3) is 0 Å². The zero-order chi connectivity index (χ0) is 19.6. The van der Waals surface area contributed by atoms with Crippen LogP contribution in [0.2, 0.25) is 5.15 Å². The number of halogens is 2. The van der Waals surface area contributed by atoms with Gasteiger partial charge in [0.25, 0.3) is 5.91 Å². The lowest BCUT2D eigenvalue weighted by molar-refractivity contribution is 0.0920. The topological polar surface area (TPSA) is 104 Å². The van der Waals surface area contributed by atoms with Crippen molar-refractivity contribution in [2.45, 2.75) is 51.6 Å². The zero-order valence-electron chi connectivity index (χ0n) is 15.0. The number of anilines is 1. The Hall–Kier alpha value is -2.66. The molecule has 2 N–H and O–H groups in total. The van der Waals surface area contributed by atoms with Crippen molar-refractivity contribution in [3.63, 3.8) is 0 Å². The van der Waals surface area contributed by atoms with Gasteiger partial charge in [-0.3, -0.25) is 4.79 Å². The number of nitrogens with zero attached hydrogens (tertiary/aromatic N) is 3. The molecule has 0 bridgehead atoms. The molecule has 9 heteroatoms. The molecule has 7 nitrogen and oxygen atoms in total. The van der Waals surface area contributed by atoms with E-state index >= 15 is 0 Å². The number of amides is 1. The maximum absolute atomic E-state index is 14.1. The fourth-order valence-electron chi connectivity index (χ4n) is 3.28. The molecule has 2 atom stereocenters. The molecule has 1 amide bonds. The molecule has 2 aromatic rings. The number of aryl methyl sites for hydroxylation is 2. The number of nitrogens with one attached hydrogen (secondary N) is 2. The summed E-state index contributed by atoms with van der Waals surface area (Å²) in [6.07, 6.45) is 3.11. The summed E-state index contributed by atoms with van der Waals surface area (Å²) in [7, 11) is 0. The Labute approximate surface area is 160 Å². The van der Waals surface area contributed by atoms with Crippen LogP contribution in [-0.4, -0.2) is 28.0 Å². The molecule has 2 heterocycles. The van der Waals surface area contributed by atoms with Crippen molar-refractivity contribution in [3.8, 4) is 6.07 Å². The molecule has 0 spiro atoms. The van der Waals surface area contributed by atoms with Gasteiger partial charge in [0.2, 0.25) is 0 Å². The molecule has 0 aromatic carbocycles. The number of oxazole rings is 1. The third kappa shape index (κ3) is 4.37. The highest BCUT2D eigenvalue weighted by molar-refractivity contribution is 6.30. The van der Waals surface area contributed by atoms with Crippen LogP contribution < -0.4 is 10.6 Å². The monoisotopic (exact) mass is 391 g/mol. The summed E-state index contributed by atoms with van der Waals surface area (Å²) in [6, 6.07) is 2.71. The fourth-order valence-corrected chi connectivity index (χ4v) is 3.47. The predicted octanol–water partition coefficient (Wildman–Crippen LogP) is 3.50. The maximum atomic E-state index is 14.1. The Morgan fingerprint density at radius 2 is 2.11 bits per heavy atom. The van der Waals surface area contributed by atoms with Gasteiger partial charge in [-0.05, 0) is 38.7 Å². The van der Waals surface area contributed by atoms with E-state index in [0.29, 0.717) is 18.1 Å². The molecular formula is C18H19ClFN5O2. The van der Waals surface area contributed by atoms with Gasteiger partial charge < -0.3 is 15.1 Å². The van der Waals surface area contributed by atoms with Crippen molar-refractivity contribution in [2.24, 2.45) is 0 Å². The number of aromatic nitrogens is 2. The van der Waals surface area contributed by atoms with Gasteiger partial charge in [-0.1, -0.05) is 11.6 Å². The van der Waals surface area contributed by atoms with Crippen molar-refractivity contribution < 1.29 is 13.6 Å². The highest BCUT2D eigenvalue weighted by Gasteiger charge is 2.26. The zero-order valence-corrected chi connectivity index (χ0v) is 15.7. The van der Waals surface area contributed by atoms with E-state index in [1.807, 2.05) is 0 Å². The van der Waals surface area contributed by atoms with E-state index in [9.17, 15) is 9.18 Å². The highest BCUT2D eigenvalue weighted by Crippen LogP contribution is 2.25. The maximum Gasteiger partial charge on any atom is 0.273 e. The quantitative estimate of drug-likeness (QED) is 0.773. The number of hydrogen-bond donors (Lipinski definition) is 2. The van der Waals surface area contributed by atoms with E-state index in [-0.39, 0.29) is 40.2 Å². The number of rotatable bonds is 4. The second-order valence-corrected chi connectivity index (χ2v) is 6.94. The second kappa shape index (κ2) is 7.92. The molecule has 0 radical (unpaired) electrons. The Balaban J connectivity index is 1.65. The smallest absolute Gasteiger partial charge is 0.273 e. The molecule has 3 rings (SSSR count). The van der Waals surface area contributed by atoms with E-state index in [1.165, 1.54) is 0 Å². The van der Waals surface area contributed by atoms with E-state index in [1.54, 1.807) is 19.9 Å². The number of carbonyl (C=O) groups excluding carboxylic acids is 1. The summed E-state index contributed by atoms with van der Waals surface area (Å²) in [5, 5.41) is 14.8. The van der Waals surface area contributed by atoms with Crippen molar-refractivity contribution in [2.75, 3.05) is 5.32 Å². The summed E-state index contributed by atoms with van der Waals surface area (Å²) < 4.78 is 19.4. The lowest BCUT2D eigenvalue weighted by atomic mass is 9.91. The summed E-state index contributed by atoms with van der Waals surface area (Å²) in [5.41, 5.74) is 0.279. The first-order valence-electron chi connectivity index (χ1n) is 8.65. The molecule has 0 aliphatic heterocycles. The molecule has 27 heavy (non-hydrogen) atoms. The Bertz CT molecular complexity index is 908. The Morgan fingerprint density at radius 1 is 1.37 bits per heavy atom. The Kier molecular flexibility index (Phi) is 5.61. The van der Waals surface area contributed by atoms with Gasteiger partial charge in [0.05, 0.1) is 5.56 Å². The third-order valence-electron chi connectivity index (χ3n) is 4.52. The molecule has 142 valence electrons. The first-order valence-corrected chi connectivity index (χ1v) is 9.02. The van der Waals surface area contributed by atoms with Gasteiger partial charge in [0.1, 0.15) is 17.0 Å². The number of carbonyl (C=O) groups is 1. The normalized spacial score (nSPS) is 19.4. The molecule has 0 saturated heterocycles. The van der Waals surface area contributed by atoms with Crippen molar-refractivity contribution >= 4 is 23.3 Å². The minimum Gasteiger partial charge on any atom is -0.445 e. The van der Waals surface area contributed by atoms with Crippen LogP contribution in [0, 0.1) is 31.0 Å². The molecule has 1 aliphatic rings. The first kappa shape index (κ1) is 19.1. The van der Waals surface area contributed by atoms with Crippen molar-refractivity contribution in [1.82, 2.24) is 15.3 Å². The number of nitriles is 1. The van der Waals surface area contributed by atoms with Gasteiger partial charge in [0, 0.05) is 19.0 Å². The SMILES string of the molecule is Cc1nc(C(=O)NC2CCCC(Nc3nc(Cl)c(C#N)cc3F)C2)c(C)o1. The van der Waals surface area contributed by atoms with E-state index in [2.05, 4.69) is 20.6 Å². The molecule has 2 unspecified atom stereocenters. The minimum absolute atomic E-state index is 0.00761. The third-order valence-corrected chi connectivity index (χ3v) is 4.81. The number of pyridine rings is 1. The Morgan fingerprint density at radius 3 is 2.78 bits per heavy atom. The number of hydrogen-bond acceptors (Lipinski definition) is 6. The van der Waals surface area contributed by atoms with Crippen molar-refractivity contribution in [1.29, 1.82) is 5.26 Å². The van der Waals surface area contributed by atoms with Gasteiger partial charge in [-0.25, -0.2) is 14.4 Å². The van der Waals surface area contributed by atoms with Gasteiger partial charge >= 0.3 is 0 Å². The van der Waals surface area contributed by atoms with Gasteiger partial charge in [-0.2, -0.15) is 5.26 Å². The van der Waals surface area contributed by atoms with Crippen LogP contribution in [0.3, 0.4) is 0 Å². The van der Waals surface area contributed by atoms with Crippen LogP contribution in [0.4, 0.5) is 10.2 Å².